The molecule has 0 aliphatic rings. The first-order valence-electron chi connectivity index (χ1n) is 12.3. The average molecular weight is 530 g/mol. The van der Waals surface area contributed by atoms with E-state index in [0.717, 1.165) is 27.8 Å². The molecule has 5 rings (SSSR count). The smallest absolute Gasteiger partial charge is 0.336 e. The van der Waals surface area contributed by atoms with Gasteiger partial charge in [0.25, 0.3) is 11.6 Å². The standard InChI is InChI=1S/C32H23N3O5/c1-20(33-30-19-18-29(32(37)38)27-4-2-3-5-28(27)30)21-6-8-22(9-7-21)23-10-14-25(15-11-23)34-31(36)24-12-16-26(17-13-24)35(39)40/h2-19,33H,1H2,(H,34,36)(H,37,38). The van der Waals surface area contributed by atoms with Crippen molar-refractivity contribution in [3.05, 3.63) is 143 Å². The molecule has 0 fully saturated rings. The second kappa shape index (κ2) is 10.9. The van der Waals surface area contributed by atoms with Gasteiger partial charge in [0, 0.05) is 40.2 Å². The molecule has 0 aliphatic heterocycles. The zero-order chi connectivity index (χ0) is 28.2. The number of nitro groups is 1. The SMILES string of the molecule is C=C(Nc1ccc(C(=O)O)c2ccccc12)c1ccc(-c2ccc(NC(=O)c3ccc([N+](=O)[O-])cc3)cc2)cc1. The molecule has 0 atom stereocenters. The fourth-order valence-corrected chi connectivity index (χ4v) is 4.38. The van der Waals surface area contributed by atoms with E-state index in [4.69, 9.17) is 0 Å². The lowest BCUT2D eigenvalue weighted by molar-refractivity contribution is -0.384. The Morgan fingerprint density at radius 2 is 1.27 bits per heavy atom. The number of amides is 1. The minimum absolute atomic E-state index is 0.0748. The lowest BCUT2D eigenvalue weighted by Crippen LogP contribution is -2.11. The number of hydrogen-bond acceptors (Lipinski definition) is 5. The highest BCUT2D eigenvalue weighted by molar-refractivity contribution is 6.08. The lowest BCUT2D eigenvalue weighted by atomic mass is 10.0. The Labute approximate surface area is 229 Å². The molecule has 0 saturated heterocycles. The third-order valence-electron chi connectivity index (χ3n) is 6.49. The second-order valence-electron chi connectivity index (χ2n) is 9.03. The van der Waals surface area contributed by atoms with Crippen molar-refractivity contribution in [2.45, 2.75) is 0 Å². The number of benzene rings is 5. The molecule has 196 valence electrons. The third kappa shape index (κ3) is 5.41. The minimum Gasteiger partial charge on any atom is -0.478 e. The summed E-state index contributed by atoms with van der Waals surface area (Å²) >= 11 is 0. The number of nitrogens with one attached hydrogen (secondary N) is 2. The molecule has 3 N–H and O–H groups in total. The number of hydrogen-bond donors (Lipinski definition) is 3. The molecule has 1 amide bonds. The first-order valence-corrected chi connectivity index (χ1v) is 12.3. The second-order valence-corrected chi connectivity index (χ2v) is 9.03. The van der Waals surface area contributed by atoms with Crippen molar-refractivity contribution >= 4 is 45.4 Å². The molecule has 0 saturated carbocycles. The maximum Gasteiger partial charge on any atom is 0.336 e. The van der Waals surface area contributed by atoms with Gasteiger partial charge >= 0.3 is 5.97 Å². The molecule has 5 aromatic carbocycles. The summed E-state index contributed by atoms with van der Waals surface area (Å²) in [5.41, 5.74) is 5.33. The summed E-state index contributed by atoms with van der Waals surface area (Å²) < 4.78 is 0. The topological polar surface area (TPSA) is 122 Å². The van der Waals surface area contributed by atoms with Gasteiger partial charge in [-0.15, -0.1) is 0 Å². The zero-order valence-electron chi connectivity index (χ0n) is 21.1. The van der Waals surface area contributed by atoms with E-state index in [1.54, 1.807) is 30.3 Å². The fourth-order valence-electron chi connectivity index (χ4n) is 4.38. The van der Waals surface area contributed by atoms with Gasteiger partial charge in [-0.2, -0.15) is 0 Å². The predicted octanol–water partition coefficient (Wildman–Crippen LogP) is 7.45. The van der Waals surface area contributed by atoms with Crippen LogP contribution in [0.3, 0.4) is 0 Å². The number of aromatic carboxylic acids is 1. The Balaban J connectivity index is 1.26. The van der Waals surface area contributed by atoms with Gasteiger partial charge in [0.2, 0.25) is 0 Å². The minimum atomic E-state index is -0.975. The summed E-state index contributed by atoms with van der Waals surface area (Å²) in [5, 5.41) is 27.9. The quantitative estimate of drug-likeness (QED) is 0.142. The van der Waals surface area contributed by atoms with E-state index in [9.17, 15) is 24.8 Å². The Hall–Kier alpha value is -5.76. The highest BCUT2D eigenvalue weighted by atomic mass is 16.6. The Bertz CT molecular complexity index is 1760. The number of carboxylic acid groups (broad SMARTS) is 1. The number of carbonyl (C=O) groups excluding carboxylic acids is 1. The Morgan fingerprint density at radius 1 is 0.700 bits per heavy atom. The van der Waals surface area contributed by atoms with E-state index < -0.39 is 10.9 Å². The number of carbonyl (C=O) groups is 2. The summed E-state index contributed by atoms with van der Waals surface area (Å²) in [7, 11) is 0. The number of anilines is 2. The highest BCUT2D eigenvalue weighted by Gasteiger charge is 2.13. The largest absolute Gasteiger partial charge is 0.478 e. The van der Waals surface area contributed by atoms with E-state index >= 15 is 0 Å². The molecular weight excluding hydrogens is 506 g/mol. The molecule has 0 radical (unpaired) electrons. The zero-order valence-corrected chi connectivity index (χ0v) is 21.1. The van der Waals surface area contributed by atoms with Gasteiger partial charge in [0.15, 0.2) is 0 Å². The van der Waals surface area contributed by atoms with Gasteiger partial charge in [-0.3, -0.25) is 14.9 Å². The number of non-ortho nitro benzene ring substituents is 1. The maximum absolute atomic E-state index is 12.5. The van der Waals surface area contributed by atoms with E-state index in [0.29, 0.717) is 22.3 Å². The molecule has 0 bridgehead atoms. The van der Waals surface area contributed by atoms with Crippen LogP contribution in [0.5, 0.6) is 0 Å². The number of rotatable bonds is 8. The van der Waals surface area contributed by atoms with Gasteiger partial charge in [0.05, 0.1) is 10.5 Å². The first-order chi connectivity index (χ1) is 19.3. The number of carboxylic acids is 1. The maximum atomic E-state index is 12.5. The number of nitro benzene ring substituents is 1. The van der Waals surface area contributed by atoms with Gasteiger partial charge in [-0.05, 0) is 58.5 Å². The van der Waals surface area contributed by atoms with Crippen molar-refractivity contribution in [2.75, 3.05) is 10.6 Å². The molecule has 5 aromatic rings. The monoisotopic (exact) mass is 529 g/mol. The summed E-state index contributed by atoms with van der Waals surface area (Å²) in [5.74, 6) is -1.33. The van der Waals surface area contributed by atoms with Crippen LogP contribution in [0.4, 0.5) is 17.1 Å². The predicted molar refractivity (Wildman–Crippen MR) is 156 cm³/mol. The summed E-state index contributed by atoms with van der Waals surface area (Å²) in [6.07, 6.45) is 0. The summed E-state index contributed by atoms with van der Waals surface area (Å²) in [4.78, 5) is 34.4. The Kier molecular flexibility index (Phi) is 7.07. The van der Waals surface area contributed by atoms with Crippen LogP contribution in [0.15, 0.2) is 116 Å². The van der Waals surface area contributed by atoms with E-state index in [2.05, 4.69) is 17.2 Å². The molecule has 0 aliphatic carbocycles. The molecule has 8 nitrogen and oxygen atoms in total. The Morgan fingerprint density at radius 3 is 1.88 bits per heavy atom. The number of nitrogens with zero attached hydrogens (tertiary/aromatic N) is 1. The van der Waals surface area contributed by atoms with Crippen molar-refractivity contribution in [3.8, 4) is 11.1 Å². The van der Waals surface area contributed by atoms with E-state index in [-0.39, 0.29) is 17.2 Å². The van der Waals surface area contributed by atoms with Crippen LogP contribution in [0.25, 0.3) is 27.6 Å². The van der Waals surface area contributed by atoms with E-state index in [1.807, 2.05) is 54.6 Å². The average Bonchev–Trinajstić information content (AvgIpc) is 2.97. The van der Waals surface area contributed by atoms with Gasteiger partial charge in [-0.25, -0.2) is 4.79 Å². The van der Waals surface area contributed by atoms with Crippen molar-refractivity contribution in [2.24, 2.45) is 0 Å². The van der Waals surface area contributed by atoms with Crippen LogP contribution < -0.4 is 10.6 Å². The molecule has 0 aromatic heterocycles. The molecule has 40 heavy (non-hydrogen) atoms. The van der Waals surface area contributed by atoms with Crippen molar-refractivity contribution < 1.29 is 19.6 Å². The number of fused-ring (bicyclic) bond motifs is 1. The summed E-state index contributed by atoms with van der Waals surface area (Å²) in [6.45, 7) is 4.16. The van der Waals surface area contributed by atoms with Crippen LogP contribution >= 0.6 is 0 Å². The van der Waals surface area contributed by atoms with Crippen molar-refractivity contribution in [1.29, 1.82) is 0 Å². The van der Waals surface area contributed by atoms with Crippen LogP contribution in [0, 0.1) is 10.1 Å². The summed E-state index contributed by atoms with van der Waals surface area (Å²) in [6, 6.07) is 31.3. The van der Waals surface area contributed by atoms with Crippen LogP contribution in [0.1, 0.15) is 26.3 Å². The van der Waals surface area contributed by atoms with Crippen LogP contribution in [0.2, 0.25) is 0 Å². The normalized spacial score (nSPS) is 10.6. The third-order valence-corrected chi connectivity index (χ3v) is 6.49. The van der Waals surface area contributed by atoms with Gasteiger partial charge < -0.3 is 15.7 Å². The van der Waals surface area contributed by atoms with Gasteiger partial charge in [-0.1, -0.05) is 67.2 Å². The molecular formula is C32H23N3O5. The molecule has 0 heterocycles. The van der Waals surface area contributed by atoms with Crippen LogP contribution in [-0.2, 0) is 0 Å². The van der Waals surface area contributed by atoms with Crippen molar-refractivity contribution in [3.63, 3.8) is 0 Å². The van der Waals surface area contributed by atoms with Gasteiger partial charge in [0.1, 0.15) is 0 Å². The molecule has 0 spiro atoms. The van der Waals surface area contributed by atoms with E-state index in [1.165, 1.54) is 24.3 Å². The molecule has 0 unspecified atom stereocenters. The first kappa shape index (κ1) is 25.9. The lowest BCUT2D eigenvalue weighted by Gasteiger charge is -2.14. The highest BCUT2D eigenvalue weighted by Crippen LogP contribution is 2.30. The van der Waals surface area contributed by atoms with Crippen molar-refractivity contribution in [1.82, 2.24) is 0 Å². The molecule has 8 heteroatoms. The van der Waals surface area contributed by atoms with Crippen LogP contribution in [-0.4, -0.2) is 21.9 Å². The fraction of sp³-hybridized carbons (Fsp3) is 0.